The van der Waals surface area contributed by atoms with Gasteiger partial charge in [-0.25, -0.2) is 31.4 Å². The van der Waals surface area contributed by atoms with Crippen molar-refractivity contribution in [3.05, 3.63) is 68.8 Å². The van der Waals surface area contributed by atoms with E-state index in [4.69, 9.17) is 11.6 Å². The molecular weight excluding hydrogens is 495 g/mol. The summed E-state index contributed by atoms with van der Waals surface area (Å²) in [5.74, 6) is -3.60. The third-order valence-electron chi connectivity index (χ3n) is 4.16. The molecule has 1 heterocycles. The number of amides is 1. The van der Waals surface area contributed by atoms with Gasteiger partial charge in [0.1, 0.15) is 22.3 Å². The Bertz CT molecular complexity index is 1300. The zero-order valence-electron chi connectivity index (χ0n) is 15.6. The number of hydrogen-bond acceptors (Lipinski definition) is 6. The SMILES string of the molecule is O=Cc1c(F)ccc(F)c1CN(C(=O)O)c1cc(F)c(S(=O)(=O)Nc2cscn2)cc1Cl. The Hall–Kier alpha value is -3.16. The summed E-state index contributed by atoms with van der Waals surface area (Å²) in [6.07, 6.45) is -1.74. The number of aromatic nitrogens is 1. The molecule has 0 unspecified atom stereocenters. The van der Waals surface area contributed by atoms with E-state index >= 15 is 0 Å². The Balaban J connectivity index is 2.04. The molecule has 0 fully saturated rings. The Morgan fingerprint density at radius 1 is 1.22 bits per heavy atom. The Labute approximate surface area is 187 Å². The Morgan fingerprint density at radius 2 is 1.91 bits per heavy atom. The summed E-state index contributed by atoms with van der Waals surface area (Å²) in [4.78, 5) is 26.1. The maximum atomic E-state index is 14.7. The molecular formula is C18H11ClF3N3O5S2. The molecule has 0 aliphatic heterocycles. The van der Waals surface area contributed by atoms with Crippen molar-refractivity contribution in [2.75, 3.05) is 9.62 Å². The van der Waals surface area contributed by atoms with Gasteiger partial charge in [0.25, 0.3) is 10.0 Å². The molecule has 0 atom stereocenters. The van der Waals surface area contributed by atoms with E-state index in [1.807, 2.05) is 4.72 Å². The Kier molecular flexibility index (Phi) is 6.71. The van der Waals surface area contributed by atoms with Crippen molar-refractivity contribution < 1.29 is 36.3 Å². The first-order valence-corrected chi connectivity index (χ1v) is 11.2. The first-order chi connectivity index (χ1) is 15.0. The number of nitrogens with zero attached hydrogens (tertiary/aromatic N) is 2. The summed E-state index contributed by atoms with van der Waals surface area (Å²) >= 11 is 7.11. The molecule has 0 spiro atoms. The molecule has 0 radical (unpaired) electrons. The summed E-state index contributed by atoms with van der Waals surface area (Å²) < 4.78 is 69.6. The van der Waals surface area contributed by atoms with Crippen molar-refractivity contribution in [3.8, 4) is 0 Å². The number of benzene rings is 2. The van der Waals surface area contributed by atoms with Crippen molar-refractivity contribution in [1.82, 2.24) is 4.98 Å². The third-order valence-corrected chi connectivity index (χ3v) is 6.42. The van der Waals surface area contributed by atoms with Gasteiger partial charge in [0.2, 0.25) is 0 Å². The van der Waals surface area contributed by atoms with Crippen molar-refractivity contribution in [2.45, 2.75) is 11.4 Å². The van der Waals surface area contributed by atoms with E-state index in [1.165, 1.54) is 10.9 Å². The second-order valence-electron chi connectivity index (χ2n) is 6.12. The first-order valence-electron chi connectivity index (χ1n) is 8.37. The van der Waals surface area contributed by atoms with E-state index in [-0.39, 0.29) is 12.1 Å². The quantitative estimate of drug-likeness (QED) is 0.456. The van der Waals surface area contributed by atoms with Crippen molar-refractivity contribution >= 4 is 56.8 Å². The summed E-state index contributed by atoms with van der Waals surface area (Å²) in [6, 6.07) is 2.57. The molecule has 0 saturated carbocycles. The van der Waals surface area contributed by atoms with Crippen LogP contribution in [-0.4, -0.2) is 30.9 Å². The fraction of sp³-hybridized carbons (Fsp3) is 0.0556. The van der Waals surface area contributed by atoms with Crippen molar-refractivity contribution in [3.63, 3.8) is 0 Å². The van der Waals surface area contributed by atoms with Crippen LogP contribution in [0.3, 0.4) is 0 Å². The number of aldehydes is 1. The van der Waals surface area contributed by atoms with Gasteiger partial charge in [-0.15, -0.1) is 11.3 Å². The van der Waals surface area contributed by atoms with Crippen LogP contribution >= 0.6 is 22.9 Å². The minimum absolute atomic E-state index is 0.00971. The fourth-order valence-corrected chi connectivity index (χ4v) is 4.67. The maximum absolute atomic E-state index is 14.7. The first kappa shape index (κ1) is 23.5. The molecule has 3 aromatic rings. The van der Waals surface area contributed by atoms with Gasteiger partial charge in [-0.05, 0) is 18.2 Å². The lowest BCUT2D eigenvalue weighted by Crippen LogP contribution is -2.30. The van der Waals surface area contributed by atoms with Gasteiger partial charge in [-0.3, -0.25) is 14.4 Å². The predicted octanol–water partition coefficient (Wildman–Crippen LogP) is 4.51. The molecule has 168 valence electrons. The zero-order valence-corrected chi connectivity index (χ0v) is 17.9. The average Bonchev–Trinajstić information content (AvgIpc) is 3.22. The lowest BCUT2D eigenvalue weighted by atomic mass is 10.1. The molecule has 3 rings (SSSR count). The van der Waals surface area contributed by atoms with E-state index in [1.54, 1.807) is 0 Å². The summed E-state index contributed by atoms with van der Waals surface area (Å²) in [5, 5.41) is 10.4. The van der Waals surface area contributed by atoms with Crippen LogP contribution in [0.2, 0.25) is 5.02 Å². The number of carboxylic acid groups (broad SMARTS) is 1. The minimum atomic E-state index is -4.47. The Morgan fingerprint density at radius 3 is 2.50 bits per heavy atom. The third kappa shape index (κ3) is 4.69. The highest BCUT2D eigenvalue weighted by molar-refractivity contribution is 7.92. The number of hydrogen-bond donors (Lipinski definition) is 2. The monoisotopic (exact) mass is 505 g/mol. The smallest absolute Gasteiger partial charge is 0.412 e. The second-order valence-corrected chi connectivity index (χ2v) is 8.90. The highest BCUT2D eigenvalue weighted by Gasteiger charge is 2.27. The standard InChI is InChI=1S/C18H11ClF3N3O5S2/c19-11-3-16(32(29,30)24-17-7-31-8-23-17)14(22)4-15(11)25(18(27)28)5-9-10(6-26)13(21)2-1-12(9)20/h1-4,6-8,24H,5H2,(H,27,28). The number of anilines is 2. The summed E-state index contributed by atoms with van der Waals surface area (Å²) in [6.45, 7) is -0.907. The van der Waals surface area contributed by atoms with Crippen LogP contribution in [0.25, 0.3) is 0 Å². The second kappa shape index (κ2) is 9.14. The summed E-state index contributed by atoms with van der Waals surface area (Å²) in [7, 11) is -4.47. The van der Waals surface area contributed by atoms with E-state index in [2.05, 4.69) is 4.98 Å². The lowest BCUT2D eigenvalue weighted by molar-refractivity contribution is 0.111. The van der Waals surface area contributed by atoms with E-state index < -0.39 is 66.8 Å². The molecule has 0 bridgehead atoms. The van der Waals surface area contributed by atoms with Gasteiger partial charge in [0.05, 0.1) is 28.3 Å². The predicted molar refractivity (Wildman–Crippen MR) is 110 cm³/mol. The number of carbonyl (C=O) groups excluding carboxylic acids is 1. The lowest BCUT2D eigenvalue weighted by Gasteiger charge is -2.22. The van der Waals surface area contributed by atoms with Gasteiger partial charge in [0, 0.05) is 17.0 Å². The number of nitrogens with one attached hydrogen (secondary N) is 1. The van der Waals surface area contributed by atoms with Crippen LogP contribution in [0.4, 0.5) is 29.5 Å². The van der Waals surface area contributed by atoms with Gasteiger partial charge >= 0.3 is 6.09 Å². The van der Waals surface area contributed by atoms with Crippen molar-refractivity contribution in [1.29, 1.82) is 0 Å². The molecule has 0 aliphatic rings. The number of sulfonamides is 1. The van der Waals surface area contributed by atoms with Crippen LogP contribution < -0.4 is 9.62 Å². The van der Waals surface area contributed by atoms with Crippen LogP contribution in [0.1, 0.15) is 15.9 Å². The van der Waals surface area contributed by atoms with Gasteiger partial charge in [-0.1, -0.05) is 11.6 Å². The molecule has 2 aromatic carbocycles. The molecule has 14 heteroatoms. The van der Waals surface area contributed by atoms with E-state index in [9.17, 15) is 36.3 Å². The van der Waals surface area contributed by atoms with Crippen LogP contribution in [0, 0.1) is 17.5 Å². The van der Waals surface area contributed by atoms with Crippen molar-refractivity contribution in [2.24, 2.45) is 0 Å². The zero-order chi connectivity index (χ0) is 23.6. The molecule has 32 heavy (non-hydrogen) atoms. The molecule has 8 nitrogen and oxygen atoms in total. The van der Waals surface area contributed by atoms with Gasteiger partial charge < -0.3 is 5.11 Å². The number of halogens is 4. The molecule has 2 N–H and O–H groups in total. The molecule has 0 aliphatic carbocycles. The van der Waals surface area contributed by atoms with E-state index in [0.717, 1.165) is 11.3 Å². The highest BCUT2D eigenvalue weighted by atomic mass is 35.5. The van der Waals surface area contributed by atoms with Gasteiger partial charge in [-0.2, -0.15) is 0 Å². The largest absolute Gasteiger partial charge is 0.465 e. The number of thiazole rings is 1. The van der Waals surface area contributed by atoms with Crippen LogP contribution in [0.5, 0.6) is 0 Å². The highest BCUT2D eigenvalue weighted by Crippen LogP contribution is 2.33. The van der Waals surface area contributed by atoms with Gasteiger partial charge in [0.15, 0.2) is 12.1 Å². The molecule has 0 saturated heterocycles. The number of carbonyl (C=O) groups is 2. The van der Waals surface area contributed by atoms with Crippen LogP contribution in [0.15, 0.2) is 40.1 Å². The topological polar surface area (TPSA) is 117 Å². The molecule has 1 amide bonds. The molecule has 1 aromatic heterocycles. The maximum Gasteiger partial charge on any atom is 0.412 e. The summed E-state index contributed by atoms with van der Waals surface area (Å²) in [5.41, 5.74) is -0.543. The minimum Gasteiger partial charge on any atom is -0.465 e. The fourth-order valence-electron chi connectivity index (χ4n) is 2.70. The number of rotatable bonds is 7. The van der Waals surface area contributed by atoms with E-state index in [0.29, 0.717) is 29.2 Å². The van der Waals surface area contributed by atoms with Crippen LogP contribution in [-0.2, 0) is 16.6 Å². The normalized spacial score (nSPS) is 11.2. The average molecular weight is 506 g/mol.